The topological polar surface area (TPSA) is 99.1 Å². The molecule has 1 atom stereocenters. The summed E-state index contributed by atoms with van der Waals surface area (Å²) in [5.41, 5.74) is 8.89. The molecule has 4 N–H and O–H groups in total. The number of thiophene rings is 1. The molecule has 0 saturated carbocycles. The van der Waals surface area contributed by atoms with Gasteiger partial charge in [0.1, 0.15) is 5.76 Å². The van der Waals surface area contributed by atoms with E-state index in [-0.39, 0.29) is 11.9 Å². The molecule has 1 aromatic carbocycles. The van der Waals surface area contributed by atoms with Crippen molar-refractivity contribution in [3.05, 3.63) is 89.2 Å². The number of aliphatic imine (C=N–C) groups is 1. The number of carbonyl (C=O) groups is 1. The number of nitrogens with two attached hydrogens (primary N) is 1. The van der Waals surface area contributed by atoms with Gasteiger partial charge in [0.05, 0.1) is 17.7 Å². The van der Waals surface area contributed by atoms with Gasteiger partial charge in [-0.1, -0.05) is 12.6 Å². The van der Waals surface area contributed by atoms with E-state index in [0.717, 1.165) is 35.6 Å². The molecule has 0 aliphatic carbocycles. The van der Waals surface area contributed by atoms with E-state index in [1.165, 1.54) is 17.0 Å². The number of nitrogens with zero attached hydrogens (tertiary/aromatic N) is 3. The first-order valence-electron chi connectivity index (χ1n) is 11.8. The Morgan fingerprint density at radius 2 is 2.11 bits per heavy atom. The standard InChI is InChI=1S/C27H32N6O2S/c1-19(24-9-10-25(36-24)26(34)30-17-23-8-5-15-35-23)11-13-29-27(28)31-20-6-4-7-21(16-20)33-14-12-22(18-33)32(2)3/h4-11,13,15-16,22H,1,12,14,17-18H2,2-3H3,(H,30,34)(H3,28,29,31)/b13-11-. The van der Waals surface area contributed by atoms with E-state index in [2.05, 4.69) is 58.2 Å². The average Bonchev–Trinajstić information content (AvgIpc) is 3.64. The Morgan fingerprint density at radius 1 is 1.28 bits per heavy atom. The summed E-state index contributed by atoms with van der Waals surface area (Å²) in [4.78, 5) is 22.8. The SMILES string of the molecule is C=C(/C=C\N=C(N)Nc1cccc(N2CCC(N(C)C)C2)c1)c1ccc(C(=O)NCc2ccco2)s1. The molecule has 2 aromatic heterocycles. The number of carbonyl (C=O) groups excluding carboxylic acids is 1. The van der Waals surface area contributed by atoms with Crippen molar-refractivity contribution in [1.29, 1.82) is 0 Å². The van der Waals surface area contributed by atoms with Gasteiger partial charge >= 0.3 is 0 Å². The number of furan rings is 1. The first-order valence-corrected chi connectivity index (χ1v) is 12.6. The largest absolute Gasteiger partial charge is 0.467 e. The summed E-state index contributed by atoms with van der Waals surface area (Å²) < 4.78 is 5.24. The lowest BCUT2D eigenvalue weighted by Crippen LogP contribution is -2.31. The zero-order chi connectivity index (χ0) is 25.5. The lowest BCUT2D eigenvalue weighted by molar-refractivity contribution is 0.0952. The maximum Gasteiger partial charge on any atom is 0.261 e. The summed E-state index contributed by atoms with van der Waals surface area (Å²) in [6.07, 6.45) is 6.11. The van der Waals surface area contributed by atoms with Gasteiger partial charge in [0.15, 0.2) is 5.96 Å². The first-order chi connectivity index (χ1) is 17.4. The van der Waals surface area contributed by atoms with Crippen molar-refractivity contribution in [2.75, 3.05) is 37.4 Å². The number of likely N-dealkylation sites (N-methyl/N-ethyl adjacent to an activating group) is 1. The highest BCUT2D eigenvalue weighted by atomic mass is 32.1. The van der Waals surface area contributed by atoms with E-state index in [4.69, 9.17) is 10.2 Å². The Bertz CT molecular complexity index is 1240. The van der Waals surface area contributed by atoms with Gasteiger partial charge in [-0.3, -0.25) is 4.79 Å². The summed E-state index contributed by atoms with van der Waals surface area (Å²) in [5, 5.41) is 5.99. The molecule has 1 aliphatic rings. The van der Waals surface area contributed by atoms with Gasteiger partial charge in [-0.15, -0.1) is 11.3 Å². The molecule has 1 aliphatic heterocycles. The van der Waals surface area contributed by atoms with Crippen LogP contribution in [0, 0.1) is 0 Å². The number of hydrogen-bond donors (Lipinski definition) is 3. The molecule has 188 valence electrons. The first kappa shape index (κ1) is 25.3. The number of amides is 1. The normalized spacial score (nSPS) is 16.1. The third kappa shape index (κ3) is 6.65. The van der Waals surface area contributed by atoms with E-state index >= 15 is 0 Å². The average molecular weight is 505 g/mol. The zero-order valence-corrected chi connectivity index (χ0v) is 21.4. The van der Waals surface area contributed by atoms with Crippen molar-refractivity contribution in [3.63, 3.8) is 0 Å². The van der Waals surface area contributed by atoms with Crippen LogP contribution in [0.3, 0.4) is 0 Å². The van der Waals surface area contributed by atoms with E-state index in [9.17, 15) is 4.79 Å². The van der Waals surface area contributed by atoms with E-state index in [1.807, 2.05) is 24.3 Å². The van der Waals surface area contributed by atoms with Crippen LogP contribution >= 0.6 is 11.3 Å². The Kier molecular flexibility index (Phi) is 8.24. The molecule has 3 aromatic rings. The summed E-state index contributed by atoms with van der Waals surface area (Å²) in [7, 11) is 4.26. The van der Waals surface area contributed by atoms with E-state index in [1.54, 1.807) is 30.7 Å². The van der Waals surface area contributed by atoms with Crippen LogP contribution in [0.4, 0.5) is 11.4 Å². The summed E-state index contributed by atoms with van der Waals surface area (Å²) in [5.74, 6) is 0.838. The van der Waals surface area contributed by atoms with Gasteiger partial charge in [-0.2, -0.15) is 0 Å². The number of guanidine groups is 1. The van der Waals surface area contributed by atoms with Crippen LogP contribution in [0.5, 0.6) is 0 Å². The Morgan fingerprint density at radius 3 is 2.86 bits per heavy atom. The fraction of sp³-hybridized carbons (Fsp3) is 0.259. The summed E-state index contributed by atoms with van der Waals surface area (Å²) in [6, 6.07) is 16.0. The molecule has 0 radical (unpaired) electrons. The number of benzene rings is 1. The molecule has 1 saturated heterocycles. The number of allylic oxidation sites excluding steroid dienone is 2. The van der Waals surface area contributed by atoms with Crippen LogP contribution < -0.4 is 21.3 Å². The van der Waals surface area contributed by atoms with Crippen molar-refractivity contribution in [2.24, 2.45) is 10.7 Å². The highest BCUT2D eigenvalue weighted by molar-refractivity contribution is 7.15. The predicted octanol–water partition coefficient (Wildman–Crippen LogP) is 4.37. The number of rotatable bonds is 9. The molecule has 1 amide bonds. The van der Waals surface area contributed by atoms with Crippen LogP contribution in [0.25, 0.3) is 5.57 Å². The minimum absolute atomic E-state index is 0.153. The summed E-state index contributed by atoms with van der Waals surface area (Å²) >= 11 is 1.37. The van der Waals surface area contributed by atoms with E-state index < -0.39 is 0 Å². The Hall–Kier alpha value is -3.82. The molecule has 36 heavy (non-hydrogen) atoms. The van der Waals surface area contributed by atoms with E-state index in [0.29, 0.717) is 23.2 Å². The maximum absolute atomic E-state index is 12.4. The number of nitrogens with one attached hydrogen (secondary N) is 2. The molecule has 8 nitrogen and oxygen atoms in total. The van der Waals surface area contributed by atoms with Crippen molar-refractivity contribution in [2.45, 2.75) is 19.0 Å². The van der Waals surface area contributed by atoms with Crippen molar-refractivity contribution >= 4 is 40.2 Å². The van der Waals surface area contributed by atoms with Gasteiger partial charge < -0.3 is 30.6 Å². The zero-order valence-electron chi connectivity index (χ0n) is 20.6. The Balaban J connectivity index is 1.29. The number of anilines is 2. The fourth-order valence-corrected chi connectivity index (χ4v) is 4.82. The number of hydrogen-bond acceptors (Lipinski definition) is 6. The second-order valence-electron chi connectivity index (χ2n) is 8.81. The van der Waals surface area contributed by atoms with Crippen molar-refractivity contribution in [3.8, 4) is 0 Å². The second kappa shape index (κ2) is 11.7. The molecule has 1 unspecified atom stereocenters. The third-order valence-electron chi connectivity index (χ3n) is 6.02. The van der Waals surface area contributed by atoms with Gasteiger partial charge in [0, 0.05) is 41.6 Å². The van der Waals surface area contributed by atoms with Gasteiger partial charge in [-0.25, -0.2) is 4.99 Å². The summed E-state index contributed by atoms with van der Waals surface area (Å²) in [6.45, 7) is 6.48. The van der Waals surface area contributed by atoms with Crippen molar-refractivity contribution < 1.29 is 9.21 Å². The third-order valence-corrected chi connectivity index (χ3v) is 7.18. The monoisotopic (exact) mass is 504 g/mol. The van der Waals surface area contributed by atoms with Crippen LogP contribution in [0.15, 0.2) is 83.1 Å². The van der Waals surface area contributed by atoms with Gasteiger partial charge in [0.2, 0.25) is 0 Å². The lowest BCUT2D eigenvalue weighted by atomic mass is 10.2. The quantitative estimate of drug-likeness (QED) is 0.227. The van der Waals surface area contributed by atoms with Crippen LogP contribution in [-0.2, 0) is 6.54 Å². The minimum atomic E-state index is -0.153. The molecular weight excluding hydrogens is 472 g/mol. The second-order valence-corrected chi connectivity index (χ2v) is 9.89. The highest BCUT2D eigenvalue weighted by Gasteiger charge is 2.24. The van der Waals surface area contributed by atoms with Crippen LogP contribution in [0.2, 0.25) is 0 Å². The highest BCUT2D eigenvalue weighted by Crippen LogP contribution is 2.26. The molecule has 0 bridgehead atoms. The Labute approximate surface area is 215 Å². The molecule has 9 heteroatoms. The smallest absolute Gasteiger partial charge is 0.261 e. The molecule has 1 fully saturated rings. The molecule has 0 spiro atoms. The lowest BCUT2D eigenvalue weighted by Gasteiger charge is -2.22. The van der Waals surface area contributed by atoms with Crippen molar-refractivity contribution in [1.82, 2.24) is 10.2 Å². The molecule has 4 rings (SSSR count). The van der Waals surface area contributed by atoms with Gasteiger partial charge in [-0.05, 0) is 74.6 Å². The van der Waals surface area contributed by atoms with Gasteiger partial charge in [0.25, 0.3) is 5.91 Å². The molecule has 3 heterocycles. The molecular formula is C27H32N6O2S. The van der Waals surface area contributed by atoms with Crippen LogP contribution in [0.1, 0.15) is 26.7 Å². The fourth-order valence-electron chi connectivity index (χ4n) is 3.95. The minimum Gasteiger partial charge on any atom is -0.467 e. The maximum atomic E-state index is 12.4. The van der Waals surface area contributed by atoms with Crippen LogP contribution in [-0.4, -0.2) is 50.0 Å². The predicted molar refractivity (Wildman–Crippen MR) is 148 cm³/mol.